The highest BCUT2D eigenvalue weighted by atomic mass is 35.5. The van der Waals surface area contributed by atoms with Gasteiger partial charge in [0, 0.05) is 10.8 Å². The SMILES string of the molecule is CC12C=CC(=O)C=C1CCC1C2CCC2(C)C1CC[C@]2(O)C(=O)COC(=O)C[N+](C)(C)C.[Cl-]. The first-order valence-electron chi connectivity index (χ1n) is 12.0. The largest absolute Gasteiger partial charge is 1.00 e. The summed E-state index contributed by atoms with van der Waals surface area (Å²) >= 11 is 0. The van der Waals surface area contributed by atoms with E-state index in [1.54, 1.807) is 6.08 Å². The Hall–Kier alpha value is -1.50. The van der Waals surface area contributed by atoms with Crippen LogP contribution in [0.3, 0.4) is 0 Å². The maximum absolute atomic E-state index is 13.2. The standard InChI is InChI=1S/C26H38NO5.ClH/c1-24-11-8-18(28)14-17(24)6-7-19-20(24)9-12-25(2)21(19)10-13-26(25,31)22(29)16-32-23(30)15-27(3,4)5;/h8,11,14,19-21,31H,6-7,9-10,12-13,15-16H2,1-5H3;1H/q+1;/p-1/t19?,20?,21?,24?,25?,26-;/m0./s1. The smallest absolute Gasteiger partial charge is 0.362 e. The first kappa shape index (κ1) is 26.1. The molecule has 4 aliphatic rings. The minimum atomic E-state index is -1.45. The highest BCUT2D eigenvalue weighted by Gasteiger charge is 2.66. The van der Waals surface area contributed by atoms with Crippen molar-refractivity contribution in [3.05, 3.63) is 23.8 Å². The Morgan fingerprint density at radius 2 is 1.79 bits per heavy atom. The van der Waals surface area contributed by atoms with E-state index in [0.29, 0.717) is 22.7 Å². The number of hydrogen-bond donors (Lipinski definition) is 1. The lowest BCUT2D eigenvalue weighted by Crippen LogP contribution is -3.00. The van der Waals surface area contributed by atoms with Gasteiger partial charge in [-0.05, 0) is 68.4 Å². The van der Waals surface area contributed by atoms with Crippen LogP contribution in [0.15, 0.2) is 23.8 Å². The van der Waals surface area contributed by atoms with E-state index in [9.17, 15) is 19.5 Å². The van der Waals surface area contributed by atoms with Crippen LogP contribution in [0.1, 0.15) is 52.4 Å². The number of rotatable bonds is 5. The van der Waals surface area contributed by atoms with Crippen LogP contribution < -0.4 is 12.4 Å². The van der Waals surface area contributed by atoms with Gasteiger partial charge in [0.05, 0.1) is 21.1 Å². The highest BCUT2D eigenvalue weighted by Crippen LogP contribution is 2.67. The van der Waals surface area contributed by atoms with Gasteiger partial charge in [0.25, 0.3) is 0 Å². The topological polar surface area (TPSA) is 80.7 Å². The molecule has 0 bridgehead atoms. The molecule has 3 saturated carbocycles. The van der Waals surface area contributed by atoms with Crippen LogP contribution in [-0.4, -0.2) is 67.0 Å². The number of allylic oxidation sites excluding steroid dienone is 4. The molecule has 4 aliphatic carbocycles. The molecule has 184 valence electrons. The van der Waals surface area contributed by atoms with Gasteiger partial charge in [-0.15, -0.1) is 0 Å². The summed E-state index contributed by atoms with van der Waals surface area (Å²) in [6, 6.07) is 0. The Balaban J connectivity index is 0.00000306. The number of halogens is 1. The third-order valence-corrected chi connectivity index (χ3v) is 9.14. The summed E-state index contributed by atoms with van der Waals surface area (Å²) < 4.78 is 5.70. The van der Waals surface area contributed by atoms with E-state index >= 15 is 0 Å². The van der Waals surface area contributed by atoms with Crippen LogP contribution in [0, 0.1) is 28.6 Å². The maximum atomic E-state index is 13.2. The molecule has 3 fully saturated rings. The fourth-order valence-corrected chi connectivity index (χ4v) is 7.37. The molecule has 6 atom stereocenters. The molecule has 33 heavy (non-hydrogen) atoms. The lowest BCUT2D eigenvalue weighted by molar-refractivity contribution is -0.862. The Morgan fingerprint density at radius 1 is 1.12 bits per heavy atom. The number of carbonyl (C=O) groups excluding carboxylic acids is 3. The second-order valence-corrected chi connectivity index (χ2v) is 12.0. The average Bonchev–Trinajstić information content (AvgIpc) is 2.97. The van der Waals surface area contributed by atoms with Crippen molar-refractivity contribution >= 4 is 17.5 Å². The van der Waals surface area contributed by atoms with Crippen LogP contribution >= 0.6 is 0 Å². The van der Waals surface area contributed by atoms with Gasteiger partial charge < -0.3 is 26.7 Å². The van der Waals surface area contributed by atoms with Crippen molar-refractivity contribution in [2.24, 2.45) is 28.6 Å². The normalized spacial score (nSPS) is 39.5. The van der Waals surface area contributed by atoms with E-state index in [4.69, 9.17) is 4.74 Å². The van der Waals surface area contributed by atoms with Gasteiger partial charge in [-0.3, -0.25) is 9.59 Å². The summed E-state index contributed by atoms with van der Waals surface area (Å²) in [5.41, 5.74) is -0.828. The summed E-state index contributed by atoms with van der Waals surface area (Å²) in [7, 11) is 5.67. The van der Waals surface area contributed by atoms with E-state index in [2.05, 4.69) is 19.9 Å². The lowest BCUT2D eigenvalue weighted by Gasteiger charge is -2.57. The van der Waals surface area contributed by atoms with Gasteiger partial charge in [-0.25, -0.2) is 4.79 Å². The van der Waals surface area contributed by atoms with E-state index < -0.39 is 17.0 Å². The van der Waals surface area contributed by atoms with Crippen molar-refractivity contribution in [2.45, 2.75) is 58.0 Å². The first-order valence-corrected chi connectivity index (χ1v) is 12.0. The van der Waals surface area contributed by atoms with Crippen molar-refractivity contribution in [3.63, 3.8) is 0 Å². The van der Waals surface area contributed by atoms with Gasteiger partial charge in [-0.1, -0.05) is 25.5 Å². The zero-order valence-corrected chi connectivity index (χ0v) is 21.3. The number of ketones is 2. The number of likely N-dealkylation sites (N-methyl/N-ethyl adjacent to an activating group) is 1. The van der Waals surface area contributed by atoms with Crippen LogP contribution in [-0.2, 0) is 19.1 Å². The van der Waals surface area contributed by atoms with Crippen molar-refractivity contribution in [1.82, 2.24) is 0 Å². The first-order chi connectivity index (χ1) is 14.8. The number of Topliss-reactive ketones (excluding diaryl/α,β-unsaturated/α-hetero) is 1. The number of aliphatic hydroxyl groups is 1. The second-order valence-electron chi connectivity index (χ2n) is 12.0. The summed E-state index contributed by atoms with van der Waals surface area (Å²) in [5.74, 6) is 0.386. The number of hydrogen-bond acceptors (Lipinski definition) is 5. The molecular weight excluding hydrogens is 442 g/mol. The van der Waals surface area contributed by atoms with Crippen molar-refractivity contribution in [1.29, 1.82) is 0 Å². The zero-order valence-electron chi connectivity index (χ0n) is 20.5. The Morgan fingerprint density at radius 3 is 2.45 bits per heavy atom. The maximum Gasteiger partial charge on any atom is 0.362 e. The molecule has 0 amide bonds. The van der Waals surface area contributed by atoms with E-state index in [1.807, 2.05) is 27.2 Å². The number of nitrogens with zero attached hydrogens (tertiary/aromatic N) is 1. The average molecular weight is 480 g/mol. The minimum Gasteiger partial charge on any atom is -1.00 e. The molecule has 0 heterocycles. The number of fused-ring (bicyclic) bond motifs is 5. The van der Waals surface area contributed by atoms with E-state index in [0.717, 1.165) is 32.1 Å². The molecule has 1 N–H and O–H groups in total. The Bertz CT molecular complexity index is 905. The van der Waals surface area contributed by atoms with Crippen molar-refractivity contribution in [2.75, 3.05) is 34.3 Å². The predicted octanol–water partition coefficient (Wildman–Crippen LogP) is -0.152. The second kappa shape index (κ2) is 8.62. The van der Waals surface area contributed by atoms with Crippen LogP contribution in [0.5, 0.6) is 0 Å². The molecule has 0 aliphatic heterocycles. The quantitative estimate of drug-likeness (QED) is 0.438. The van der Waals surface area contributed by atoms with Gasteiger partial charge >= 0.3 is 5.97 Å². The third-order valence-electron chi connectivity index (χ3n) is 9.14. The summed E-state index contributed by atoms with van der Waals surface area (Å²) in [5, 5.41) is 11.7. The number of carbonyl (C=O) groups is 3. The van der Waals surface area contributed by atoms with Crippen LogP contribution in [0.4, 0.5) is 0 Å². The lowest BCUT2D eigenvalue weighted by atomic mass is 9.47. The fourth-order valence-electron chi connectivity index (χ4n) is 7.37. The fraction of sp³-hybridized carbons (Fsp3) is 0.731. The molecule has 0 radical (unpaired) electrons. The molecule has 0 spiro atoms. The number of ether oxygens (including phenoxy) is 1. The highest BCUT2D eigenvalue weighted by molar-refractivity contribution is 6.01. The molecule has 7 heteroatoms. The van der Waals surface area contributed by atoms with E-state index in [-0.39, 0.29) is 48.5 Å². The molecule has 6 nitrogen and oxygen atoms in total. The third kappa shape index (κ3) is 4.23. The monoisotopic (exact) mass is 479 g/mol. The number of quaternary nitrogens is 1. The summed E-state index contributed by atoms with van der Waals surface area (Å²) in [6.07, 6.45) is 10.4. The van der Waals surface area contributed by atoms with Crippen LogP contribution in [0.2, 0.25) is 0 Å². The van der Waals surface area contributed by atoms with Gasteiger partial charge in [0.2, 0.25) is 5.78 Å². The van der Waals surface area contributed by atoms with Crippen molar-refractivity contribution in [3.8, 4) is 0 Å². The molecule has 0 aromatic heterocycles. The minimum absolute atomic E-state index is 0. The number of esters is 1. The molecule has 5 unspecified atom stereocenters. The van der Waals surface area contributed by atoms with Crippen LogP contribution in [0.25, 0.3) is 0 Å². The van der Waals surface area contributed by atoms with Gasteiger partial charge in [0.15, 0.2) is 18.9 Å². The van der Waals surface area contributed by atoms with E-state index in [1.165, 1.54) is 5.57 Å². The molecule has 4 rings (SSSR count). The summed E-state index contributed by atoms with van der Waals surface area (Å²) in [4.78, 5) is 37.2. The Labute approximate surface area is 203 Å². The van der Waals surface area contributed by atoms with Gasteiger partial charge in [-0.2, -0.15) is 0 Å². The predicted molar refractivity (Wildman–Crippen MR) is 120 cm³/mol. The van der Waals surface area contributed by atoms with Gasteiger partial charge in [0.1, 0.15) is 5.60 Å². The molecule has 0 saturated heterocycles. The molecular formula is C26H38ClNO5. The molecule has 0 aromatic rings. The molecule has 0 aromatic carbocycles. The zero-order chi connectivity index (χ0) is 23.5. The van der Waals surface area contributed by atoms with Crippen molar-refractivity contribution < 1.29 is 41.1 Å². The summed E-state index contributed by atoms with van der Waals surface area (Å²) in [6.45, 7) is 4.14. The Kier molecular flexibility index (Phi) is 6.82.